The van der Waals surface area contributed by atoms with E-state index in [4.69, 9.17) is 4.74 Å². The Hall–Kier alpha value is -2.70. The summed E-state index contributed by atoms with van der Waals surface area (Å²) in [4.78, 5) is 38.7. The molecule has 33 heavy (non-hydrogen) atoms. The van der Waals surface area contributed by atoms with Gasteiger partial charge in [0.05, 0.1) is 0 Å². The number of nitro benzene ring substituents is 1. The van der Waals surface area contributed by atoms with E-state index in [9.17, 15) is 19.7 Å². The van der Waals surface area contributed by atoms with Crippen LogP contribution in [0, 0.1) is 10.1 Å². The van der Waals surface area contributed by atoms with Gasteiger partial charge in [-0.1, -0.05) is 0 Å². The molecule has 0 N–H and O–H groups in total. The third-order valence-electron chi connectivity index (χ3n) is 7.81. The fourth-order valence-corrected chi connectivity index (χ4v) is 10.8. The predicted octanol–water partition coefficient (Wildman–Crippen LogP) is 3.71. The Balaban J connectivity index is 1.50. The molecule has 1 aliphatic carbocycles. The summed E-state index contributed by atoms with van der Waals surface area (Å²) >= 11 is 0.0178. The van der Waals surface area contributed by atoms with Crippen LogP contribution in [0.5, 0.6) is 0 Å². The standard InChI is InChI=1S/C25H26N2O5Se/c1-23(2)17-7-5-6-8-18(17)24(3,4)25(23)21(26-19(28)13-20(26)33-25)22(29)32-14-15-9-11-16(12-10-15)27(30)31/h5-12,20-21H,13-14H2,1-4H3/t20-,21+/m1/s1. The van der Waals surface area contributed by atoms with Gasteiger partial charge in [0.2, 0.25) is 0 Å². The molecule has 1 spiro atoms. The van der Waals surface area contributed by atoms with Crippen LogP contribution in [0.15, 0.2) is 48.5 Å². The first kappa shape index (κ1) is 22.1. The fraction of sp³-hybridized carbons (Fsp3) is 0.440. The Morgan fingerprint density at radius 3 is 2.18 bits per heavy atom. The maximum atomic E-state index is 13.7. The van der Waals surface area contributed by atoms with Gasteiger partial charge in [0.15, 0.2) is 0 Å². The van der Waals surface area contributed by atoms with Crippen LogP contribution in [0.4, 0.5) is 5.69 Å². The zero-order valence-electron chi connectivity index (χ0n) is 19.0. The SMILES string of the molecule is CC1(C)c2ccccc2C(C)(C)C12[Se][C@@H]1CC(=O)N1[C@H]2C(=O)OCc1ccc([N+](=O)[O-])cc1. The van der Waals surface area contributed by atoms with Crippen molar-refractivity contribution >= 4 is 32.5 Å². The van der Waals surface area contributed by atoms with E-state index >= 15 is 0 Å². The number of fused-ring (bicyclic) bond motifs is 2. The van der Waals surface area contributed by atoms with Crippen LogP contribution in [0.1, 0.15) is 50.8 Å². The normalized spacial score (nSPS) is 25.3. The van der Waals surface area contributed by atoms with Crippen LogP contribution in [-0.4, -0.2) is 47.6 Å². The zero-order valence-corrected chi connectivity index (χ0v) is 20.7. The molecule has 0 unspecified atom stereocenters. The van der Waals surface area contributed by atoms with Gasteiger partial charge in [-0.2, -0.15) is 0 Å². The number of carbonyl (C=O) groups excluding carboxylic acids is 2. The number of β-lactam (4-membered cyclic amide) rings is 1. The van der Waals surface area contributed by atoms with Crippen molar-refractivity contribution in [1.29, 1.82) is 0 Å². The van der Waals surface area contributed by atoms with Gasteiger partial charge >= 0.3 is 199 Å². The van der Waals surface area contributed by atoms with Gasteiger partial charge in [-0.15, -0.1) is 0 Å². The molecule has 2 aromatic rings. The summed E-state index contributed by atoms with van der Waals surface area (Å²) in [6.45, 7) is 8.83. The van der Waals surface area contributed by atoms with Crippen molar-refractivity contribution in [2.24, 2.45) is 0 Å². The second-order valence-corrected chi connectivity index (χ2v) is 13.0. The minimum absolute atomic E-state index is 0.0104. The summed E-state index contributed by atoms with van der Waals surface area (Å²) in [6, 6.07) is 13.7. The number of nitro groups is 1. The Bertz CT molecular complexity index is 1140. The van der Waals surface area contributed by atoms with E-state index in [0.717, 1.165) is 0 Å². The van der Waals surface area contributed by atoms with Crippen molar-refractivity contribution in [3.63, 3.8) is 0 Å². The third-order valence-corrected chi connectivity index (χ3v) is 12.6. The Morgan fingerprint density at radius 2 is 1.67 bits per heavy atom. The fourth-order valence-electron chi connectivity index (χ4n) is 6.24. The van der Waals surface area contributed by atoms with Gasteiger partial charge in [-0.3, -0.25) is 0 Å². The quantitative estimate of drug-likeness (QED) is 0.205. The van der Waals surface area contributed by atoms with Crippen molar-refractivity contribution < 1.29 is 19.2 Å². The van der Waals surface area contributed by atoms with E-state index in [1.54, 1.807) is 17.0 Å². The Labute approximate surface area is 198 Å². The molecule has 5 rings (SSSR count). The number of rotatable bonds is 4. The van der Waals surface area contributed by atoms with E-state index in [-0.39, 0.29) is 54.9 Å². The molecule has 3 aliphatic rings. The predicted molar refractivity (Wildman–Crippen MR) is 123 cm³/mol. The number of hydrogen-bond acceptors (Lipinski definition) is 5. The topological polar surface area (TPSA) is 89.8 Å². The molecule has 2 fully saturated rings. The van der Waals surface area contributed by atoms with E-state index in [1.165, 1.54) is 23.3 Å². The van der Waals surface area contributed by atoms with Crippen LogP contribution in [0.3, 0.4) is 0 Å². The molecule has 2 aliphatic heterocycles. The number of esters is 1. The number of nitrogens with zero attached hydrogens (tertiary/aromatic N) is 2. The Kier molecular flexibility index (Phi) is 4.79. The van der Waals surface area contributed by atoms with Crippen molar-refractivity contribution in [2.45, 2.75) is 66.8 Å². The molecule has 8 heteroatoms. The molecule has 172 valence electrons. The van der Waals surface area contributed by atoms with Crippen LogP contribution in [0.2, 0.25) is 4.31 Å². The van der Waals surface area contributed by atoms with Gasteiger partial charge < -0.3 is 0 Å². The van der Waals surface area contributed by atoms with Crippen LogP contribution < -0.4 is 0 Å². The zero-order chi connectivity index (χ0) is 23.8. The number of amides is 1. The van der Waals surface area contributed by atoms with E-state index in [1.807, 2.05) is 12.1 Å². The molecular weight excluding hydrogens is 487 g/mol. The van der Waals surface area contributed by atoms with Crippen LogP contribution in [-0.2, 0) is 31.8 Å². The van der Waals surface area contributed by atoms with E-state index in [2.05, 4.69) is 39.8 Å². The van der Waals surface area contributed by atoms with E-state index < -0.39 is 15.3 Å². The van der Waals surface area contributed by atoms with Crippen molar-refractivity contribution in [1.82, 2.24) is 4.90 Å². The maximum absolute atomic E-state index is 13.7. The molecule has 0 aromatic heterocycles. The average molecular weight is 513 g/mol. The molecule has 2 saturated heterocycles. The van der Waals surface area contributed by atoms with Gasteiger partial charge in [0, 0.05) is 0 Å². The minimum atomic E-state index is -0.654. The first-order chi connectivity index (χ1) is 15.5. The first-order valence-corrected chi connectivity index (χ1v) is 12.9. The van der Waals surface area contributed by atoms with Gasteiger partial charge in [-0.05, 0) is 0 Å². The molecule has 2 atom stereocenters. The molecule has 0 bridgehead atoms. The van der Waals surface area contributed by atoms with Crippen LogP contribution in [0.25, 0.3) is 0 Å². The van der Waals surface area contributed by atoms with Crippen molar-refractivity contribution in [3.8, 4) is 0 Å². The number of ether oxygens (including phenoxy) is 1. The van der Waals surface area contributed by atoms with E-state index in [0.29, 0.717) is 12.0 Å². The summed E-state index contributed by atoms with van der Waals surface area (Å²) in [5, 5.41) is 10.9. The molecular formula is C25H26N2O5Se. The second-order valence-electron chi connectivity index (χ2n) is 10.0. The number of carbonyl (C=O) groups is 2. The van der Waals surface area contributed by atoms with Gasteiger partial charge in [0.1, 0.15) is 0 Å². The number of non-ortho nitro benzene ring substituents is 1. The third kappa shape index (κ3) is 2.80. The van der Waals surface area contributed by atoms with Crippen molar-refractivity contribution in [2.75, 3.05) is 0 Å². The summed E-state index contributed by atoms with van der Waals surface area (Å²) in [5.41, 5.74) is 2.50. The summed E-state index contributed by atoms with van der Waals surface area (Å²) in [7, 11) is 0. The monoisotopic (exact) mass is 514 g/mol. The number of hydrogen-bond donors (Lipinski definition) is 0. The molecule has 7 nitrogen and oxygen atoms in total. The molecule has 1 amide bonds. The second kappa shape index (κ2) is 7.15. The molecule has 2 heterocycles. The molecule has 0 radical (unpaired) electrons. The molecule has 2 aromatic carbocycles. The Morgan fingerprint density at radius 1 is 1.09 bits per heavy atom. The summed E-state index contributed by atoms with van der Waals surface area (Å²) < 4.78 is 5.35. The number of benzene rings is 2. The van der Waals surface area contributed by atoms with Gasteiger partial charge in [-0.25, -0.2) is 0 Å². The first-order valence-electron chi connectivity index (χ1n) is 11.0. The average Bonchev–Trinajstić information content (AvgIpc) is 3.14. The van der Waals surface area contributed by atoms with Gasteiger partial charge in [0.25, 0.3) is 0 Å². The van der Waals surface area contributed by atoms with Crippen molar-refractivity contribution in [3.05, 3.63) is 75.3 Å². The molecule has 0 saturated carbocycles. The summed E-state index contributed by atoms with van der Waals surface area (Å²) in [6.07, 6.45) is 0.496. The summed E-state index contributed by atoms with van der Waals surface area (Å²) in [5.74, 6) is -0.377. The van der Waals surface area contributed by atoms with Crippen LogP contribution >= 0.6 is 0 Å².